The van der Waals surface area contributed by atoms with Crippen molar-refractivity contribution in [1.82, 2.24) is 0 Å². The molecule has 4 rings (SSSR count). The van der Waals surface area contributed by atoms with Crippen molar-refractivity contribution in [2.24, 2.45) is 0 Å². The van der Waals surface area contributed by atoms with E-state index in [0.29, 0.717) is 5.92 Å². The Hall–Kier alpha value is -2.34. The molecule has 22 heavy (non-hydrogen) atoms. The Labute approximate surface area is 132 Å². The van der Waals surface area contributed by atoms with Crippen LogP contribution in [0, 0.1) is 0 Å². The van der Waals surface area contributed by atoms with Crippen LogP contribution < -0.4 is 0 Å². The average Bonchev–Trinajstić information content (AvgIpc) is 3.07. The first kappa shape index (κ1) is 13.3. The summed E-state index contributed by atoms with van der Waals surface area (Å²) in [5.41, 5.74) is 10.1. The Morgan fingerprint density at radius 1 is 0.818 bits per heavy atom. The smallest absolute Gasteiger partial charge is 0.0276 e. The number of fused-ring (bicyclic) bond motifs is 1. The topological polar surface area (TPSA) is 0 Å². The van der Waals surface area contributed by atoms with E-state index in [9.17, 15) is 0 Å². The van der Waals surface area contributed by atoms with Crippen molar-refractivity contribution in [3.63, 3.8) is 0 Å². The highest BCUT2D eigenvalue weighted by atomic mass is 14.3. The standard InChI is InChI=1S/C22H20/c1-15-12-20(17-8-4-3-5-9-17)21(13-15)22-16(2)14-18-10-6-7-11-19(18)22/h3-12,14,22H,13H2,1-2H3/t22-/m0/s1. The number of allylic oxidation sites excluding steroid dienone is 5. The summed E-state index contributed by atoms with van der Waals surface area (Å²) < 4.78 is 0. The fourth-order valence-corrected chi connectivity index (χ4v) is 3.87. The van der Waals surface area contributed by atoms with Gasteiger partial charge in [-0.1, -0.05) is 77.9 Å². The van der Waals surface area contributed by atoms with Crippen molar-refractivity contribution in [2.45, 2.75) is 26.2 Å². The van der Waals surface area contributed by atoms with Gasteiger partial charge in [0.05, 0.1) is 0 Å². The Kier molecular flexibility index (Phi) is 3.11. The molecular weight excluding hydrogens is 264 g/mol. The summed E-state index contributed by atoms with van der Waals surface area (Å²) in [6.07, 6.45) is 5.82. The van der Waals surface area contributed by atoms with Crippen LogP contribution in [0.15, 0.2) is 77.4 Å². The predicted octanol–water partition coefficient (Wildman–Crippen LogP) is 5.99. The summed E-state index contributed by atoms with van der Waals surface area (Å²) in [7, 11) is 0. The Morgan fingerprint density at radius 3 is 2.36 bits per heavy atom. The quantitative estimate of drug-likeness (QED) is 0.635. The highest BCUT2D eigenvalue weighted by Gasteiger charge is 2.29. The van der Waals surface area contributed by atoms with Gasteiger partial charge in [0, 0.05) is 5.92 Å². The first-order chi connectivity index (χ1) is 10.7. The van der Waals surface area contributed by atoms with Gasteiger partial charge >= 0.3 is 0 Å². The van der Waals surface area contributed by atoms with Crippen molar-refractivity contribution in [1.29, 1.82) is 0 Å². The van der Waals surface area contributed by atoms with Crippen LogP contribution in [0.1, 0.15) is 42.9 Å². The maximum absolute atomic E-state index is 2.37. The number of rotatable bonds is 2. The van der Waals surface area contributed by atoms with Crippen LogP contribution in [0.2, 0.25) is 0 Å². The van der Waals surface area contributed by atoms with Gasteiger partial charge in [-0.25, -0.2) is 0 Å². The van der Waals surface area contributed by atoms with Crippen molar-refractivity contribution in [3.05, 3.63) is 94.1 Å². The summed E-state index contributed by atoms with van der Waals surface area (Å²) in [4.78, 5) is 0. The molecule has 0 N–H and O–H groups in total. The lowest BCUT2D eigenvalue weighted by atomic mass is 9.84. The van der Waals surface area contributed by atoms with E-state index in [1.807, 2.05) is 0 Å². The van der Waals surface area contributed by atoms with Crippen molar-refractivity contribution in [2.75, 3.05) is 0 Å². The van der Waals surface area contributed by atoms with E-state index in [1.54, 1.807) is 5.57 Å². The average molecular weight is 284 g/mol. The second-order valence-electron chi connectivity index (χ2n) is 6.42. The third-order valence-corrected chi connectivity index (χ3v) is 4.78. The van der Waals surface area contributed by atoms with Crippen LogP contribution in [0.25, 0.3) is 11.6 Å². The van der Waals surface area contributed by atoms with Gasteiger partial charge in [0.2, 0.25) is 0 Å². The molecule has 0 spiro atoms. The molecule has 0 saturated carbocycles. The lowest BCUT2D eigenvalue weighted by Gasteiger charge is -2.19. The van der Waals surface area contributed by atoms with Gasteiger partial charge in [-0.3, -0.25) is 0 Å². The molecule has 2 aliphatic carbocycles. The third-order valence-electron chi connectivity index (χ3n) is 4.78. The SMILES string of the molecule is CC1=CC(c2ccccc2)=C([C@H]2C(C)=Cc3ccccc32)C1. The summed E-state index contributed by atoms with van der Waals surface area (Å²) in [5, 5.41) is 0. The van der Waals surface area contributed by atoms with Gasteiger partial charge in [0.1, 0.15) is 0 Å². The summed E-state index contributed by atoms with van der Waals surface area (Å²) in [6, 6.07) is 19.6. The number of hydrogen-bond acceptors (Lipinski definition) is 0. The molecule has 0 unspecified atom stereocenters. The molecule has 0 heterocycles. The van der Waals surface area contributed by atoms with Gasteiger partial charge in [0.25, 0.3) is 0 Å². The van der Waals surface area contributed by atoms with Crippen LogP contribution in [0.5, 0.6) is 0 Å². The zero-order valence-corrected chi connectivity index (χ0v) is 13.1. The molecule has 0 fully saturated rings. The van der Waals surface area contributed by atoms with Crippen molar-refractivity contribution in [3.8, 4) is 0 Å². The van der Waals surface area contributed by atoms with Gasteiger partial charge in [-0.05, 0) is 48.1 Å². The molecule has 2 aromatic carbocycles. The first-order valence-electron chi connectivity index (χ1n) is 7.97. The lowest BCUT2D eigenvalue weighted by molar-refractivity contribution is 0.906. The minimum atomic E-state index is 0.445. The fourth-order valence-electron chi connectivity index (χ4n) is 3.87. The van der Waals surface area contributed by atoms with E-state index in [4.69, 9.17) is 0 Å². The second-order valence-corrected chi connectivity index (χ2v) is 6.42. The van der Waals surface area contributed by atoms with Crippen molar-refractivity contribution >= 4 is 11.6 Å². The summed E-state index contributed by atoms with van der Waals surface area (Å²) in [5.74, 6) is 0.445. The molecule has 0 amide bonds. The normalized spacial score (nSPS) is 20.0. The van der Waals surface area contributed by atoms with E-state index in [-0.39, 0.29) is 0 Å². The molecule has 0 radical (unpaired) electrons. The van der Waals surface area contributed by atoms with Gasteiger partial charge in [0.15, 0.2) is 0 Å². The Bertz CT molecular complexity index is 816. The third kappa shape index (κ3) is 2.07. The molecular formula is C22H20. The van der Waals surface area contributed by atoms with E-state index in [0.717, 1.165) is 6.42 Å². The van der Waals surface area contributed by atoms with E-state index < -0.39 is 0 Å². The molecule has 2 aromatic rings. The largest absolute Gasteiger partial charge is 0.0686 e. The van der Waals surface area contributed by atoms with Crippen molar-refractivity contribution < 1.29 is 0 Å². The minimum Gasteiger partial charge on any atom is -0.0686 e. The van der Waals surface area contributed by atoms with Crippen LogP contribution in [0.4, 0.5) is 0 Å². The molecule has 0 nitrogen and oxygen atoms in total. The first-order valence-corrected chi connectivity index (χ1v) is 7.97. The van der Waals surface area contributed by atoms with Gasteiger partial charge in [-0.15, -0.1) is 0 Å². The van der Waals surface area contributed by atoms with E-state index >= 15 is 0 Å². The number of hydrogen-bond donors (Lipinski definition) is 0. The Morgan fingerprint density at radius 2 is 1.55 bits per heavy atom. The van der Waals surface area contributed by atoms with E-state index in [1.165, 1.54) is 33.4 Å². The molecule has 108 valence electrons. The van der Waals surface area contributed by atoms with Crippen LogP contribution >= 0.6 is 0 Å². The second kappa shape index (κ2) is 5.14. The summed E-state index contributed by atoms with van der Waals surface area (Å²) in [6.45, 7) is 4.52. The molecule has 1 atom stereocenters. The predicted molar refractivity (Wildman–Crippen MR) is 94.6 cm³/mol. The molecule has 0 bridgehead atoms. The van der Waals surface area contributed by atoms with E-state index in [2.05, 4.69) is 80.6 Å². The van der Waals surface area contributed by atoms with Crippen LogP contribution in [-0.4, -0.2) is 0 Å². The molecule has 0 aliphatic heterocycles. The zero-order valence-electron chi connectivity index (χ0n) is 13.1. The maximum Gasteiger partial charge on any atom is 0.0276 e. The van der Waals surface area contributed by atoms with Crippen LogP contribution in [-0.2, 0) is 0 Å². The minimum absolute atomic E-state index is 0.445. The lowest BCUT2D eigenvalue weighted by Crippen LogP contribution is -2.02. The fraction of sp³-hybridized carbons (Fsp3) is 0.182. The molecule has 0 heteroatoms. The van der Waals surface area contributed by atoms with Gasteiger partial charge < -0.3 is 0 Å². The zero-order chi connectivity index (χ0) is 15.1. The molecule has 0 aromatic heterocycles. The number of benzene rings is 2. The molecule has 2 aliphatic rings. The highest BCUT2D eigenvalue weighted by Crippen LogP contribution is 2.48. The highest BCUT2D eigenvalue weighted by molar-refractivity contribution is 5.84. The van der Waals surface area contributed by atoms with Gasteiger partial charge in [-0.2, -0.15) is 0 Å². The maximum atomic E-state index is 2.37. The molecule has 0 saturated heterocycles. The summed E-state index contributed by atoms with van der Waals surface area (Å²) >= 11 is 0. The monoisotopic (exact) mass is 284 g/mol. The Balaban J connectivity index is 1.87. The van der Waals surface area contributed by atoms with Crippen LogP contribution in [0.3, 0.4) is 0 Å².